The first-order valence-electron chi connectivity index (χ1n) is 12.2. The molecular weight excluding hydrogens is 433 g/mol. The third-order valence-electron chi connectivity index (χ3n) is 6.90. The molecule has 2 saturated carbocycles. The van der Waals surface area contributed by atoms with Crippen molar-refractivity contribution in [1.29, 1.82) is 0 Å². The van der Waals surface area contributed by atoms with E-state index in [0.717, 1.165) is 44.1 Å². The summed E-state index contributed by atoms with van der Waals surface area (Å²) in [6.45, 7) is 1.50. The molecule has 2 aromatic carbocycles. The van der Waals surface area contributed by atoms with Gasteiger partial charge in [0, 0.05) is 42.8 Å². The first-order valence-corrected chi connectivity index (χ1v) is 12.2. The Morgan fingerprint density at radius 2 is 1.59 bits per heavy atom. The van der Waals surface area contributed by atoms with Crippen molar-refractivity contribution >= 4 is 17.7 Å². The fraction of sp³-hybridized carbons (Fsp3) is 0.444. The van der Waals surface area contributed by atoms with Gasteiger partial charge in [0.2, 0.25) is 5.91 Å². The maximum atomic E-state index is 13.5. The lowest BCUT2D eigenvalue weighted by molar-refractivity contribution is -0.138. The molecule has 5 rings (SSSR count). The lowest BCUT2D eigenvalue weighted by atomic mass is 9.95. The third kappa shape index (κ3) is 5.29. The minimum absolute atomic E-state index is 0.0442. The summed E-state index contributed by atoms with van der Waals surface area (Å²) in [5.41, 5.74) is 2.08. The van der Waals surface area contributed by atoms with Gasteiger partial charge < -0.3 is 15.1 Å². The number of nitrogens with one attached hydrogen (secondary N) is 1. The van der Waals surface area contributed by atoms with E-state index < -0.39 is 0 Å². The fourth-order valence-electron chi connectivity index (χ4n) is 4.60. The van der Waals surface area contributed by atoms with Crippen molar-refractivity contribution in [1.82, 2.24) is 15.1 Å². The van der Waals surface area contributed by atoms with Gasteiger partial charge in [-0.1, -0.05) is 12.1 Å². The number of rotatable bonds is 7. The minimum Gasteiger partial charge on any atom is -0.349 e. The molecule has 0 radical (unpaired) electrons. The van der Waals surface area contributed by atoms with Gasteiger partial charge in [-0.25, -0.2) is 4.39 Å². The summed E-state index contributed by atoms with van der Waals surface area (Å²) in [5.74, 6) is -0.718. The molecule has 3 aliphatic rings. The Balaban J connectivity index is 1.23. The second-order valence-electron chi connectivity index (χ2n) is 9.74. The number of carbonyl (C=O) groups excluding carboxylic acids is 3. The molecule has 1 atom stereocenters. The molecular formula is C27H30FN3O3. The lowest BCUT2D eigenvalue weighted by Crippen LogP contribution is -2.47. The average molecular weight is 464 g/mol. The van der Waals surface area contributed by atoms with Crippen LogP contribution >= 0.6 is 0 Å². The highest BCUT2D eigenvalue weighted by Crippen LogP contribution is 2.32. The number of piperidine rings is 1. The largest absolute Gasteiger partial charge is 0.349 e. The highest BCUT2D eigenvalue weighted by atomic mass is 19.1. The van der Waals surface area contributed by atoms with Crippen LogP contribution in [0.3, 0.4) is 0 Å². The normalized spacial score (nSPS) is 20.0. The van der Waals surface area contributed by atoms with Crippen molar-refractivity contribution in [3.8, 4) is 0 Å². The zero-order valence-corrected chi connectivity index (χ0v) is 19.2. The Morgan fingerprint density at radius 3 is 2.24 bits per heavy atom. The molecule has 0 bridgehead atoms. The van der Waals surface area contributed by atoms with E-state index in [1.54, 1.807) is 4.90 Å². The summed E-state index contributed by atoms with van der Waals surface area (Å²) in [4.78, 5) is 42.3. The molecule has 178 valence electrons. The van der Waals surface area contributed by atoms with Gasteiger partial charge in [0.1, 0.15) is 5.82 Å². The van der Waals surface area contributed by atoms with Crippen LogP contribution in [0.1, 0.15) is 64.8 Å². The van der Waals surface area contributed by atoms with Crippen molar-refractivity contribution < 1.29 is 18.8 Å². The van der Waals surface area contributed by atoms with Gasteiger partial charge in [0.15, 0.2) is 0 Å². The molecule has 0 aromatic heterocycles. The quantitative estimate of drug-likeness (QED) is 0.680. The maximum absolute atomic E-state index is 13.5. The molecule has 2 aliphatic carbocycles. The topological polar surface area (TPSA) is 69.7 Å². The van der Waals surface area contributed by atoms with E-state index in [1.807, 2.05) is 29.2 Å². The van der Waals surface area contributed by atoms with Gasteiger partial charge in [-0.2, -0.15) is 0 Å². The molecule has 1 heterocycles. The molecule has 1 saturated heterocycles. The van der Waals surface area contributed by atoms with E-state index >= 15 is 0 Å². The number of nitrogens with zero attached hydrogens (tertiary/aromatic N) is 2. The molecule has 1 aliphatic heterocycles. The molecule has 1 N–H and O–H groups in total. The van der Waals surface area contributed by atoms with Crippen molar-refractivity contribution in [2.24, 2.45) is 5.92 Å². The molecule has 2 aromatic rings. The van der Waals surface area contributed by atoms with Crippen molar-refractivity contribution in [3.63, 3.8) is 0 Å². The lowest BCUT2D eigenvalue weighted by Gasteiger charge is -2.35. The molecule has 34 heavy (non-hydrogen) atoms. The summed E-state index contributed by atoms with van der Waals surface area (Å²) in [7, 11) is 0. The molecule has 3 fully saturated rings. The zero-order chi connectivity index (χ0) is 23.7. The third-order valence-corrected chi connectivity index (χ3v) is 6.90. The van der Waals surface area contributed by atoms with Crippen LogP contribution in [0.15, 0.2) is 48.5 Å². The van der Waals surface area contributed by atoms with Crippen LogP contribution < -0.4 is 5.32 Å². The van der Waals surface area contributed by atoms with Crippen LogP contribution in [-0.4, -0.2) is 52.7 Å². The Labute approximate surface area is 199 Å². The number of hydrogen-bond donors (Lipinski definition) is 1. The SMILES string of the molecule is O=C(NC1CC1)c1ccc(CN(C(=O)C2CCCN(C(=O)c3ccc(F)cc3)C2)C2CC2)cc1. The smallest absolute Gasteiger partial charge is 0.253 e. The van der Waals surface area contributed by atoms with Crippen LogP contribution in [0.25, 0.3) is 0 Å². The van der Waals surface area contributed by atoms with Crippen LogP contribution in [0.5, 0.6) is 0 Å². The standard InChI is InChI=1S/C27H30FN3O3/c28-22-9-7-20(8-10-22)26(33)30-15-1-2-21(17-30)27(34)31(24-13-14-24)16-18-3-5-19(6-4-18)25(32)29-23-11-12-23/h3-10,21,23-24H,1-2,11-17H2,(H,29,32). The fourth-order valence-corrected chi connectivity index (χ4v) is 4.60. The Bertz CT molecular complexity index is 1060. The summed E-state index contributed by atoms with van der Waals surface area (Å²) in [5, 5.41) is 2.99. The number of carbonyl (C=O) groups is 3. The number of benzene rings is 2. The second-order valence-corrected chi connectivity index (χ2v) is 9.74. The van der Waals surface area contributed by atoms with Crippen LogP contribution in [0, 0.1) is 11.7 Å². The predicted octanol–water partition coefficient (Wildman–Crippen LogP) is 3.76. The van der Waals surface area contributed by atoms with Crippen molar-refractivity contribution in [2.45, 2.75) is 57.2 Å². The summed E-state index contributed by atoms with van der Waals surface area (Å²) >= 11 is 0. The molecule has 1 unspecified atom stereocenters. The van der Waals surface area contributed by atoms with E-state index in [2.05, 4.69) is 5.32 Å². The monoisotopic (exact) mass is 463 g/mol. The van der Waals surface area contributed by atoms with Gasteiger partial charge in [0.25, 0.3) is 11.8 Å². The highest BCUT2D eigenvalue weighted by molar-refractivity contribution is 5.95. The number of likely N-dealkylation sites (tertiary alicyclic amines) is 1. The van der Waals surface area contributed by atoms with Crippen LogP contribution in [0.2, 0.25) is 0 Å². The first-order chi connectivity index (χ1) is 16.5. The molecule has 0 spiro atoms. The van der Waals surface area contributed by atoms with Crippen LogP contribution in [0.4, 0.5) is 4.39 Å². The van der Waals surface area contributed by atoms with E-state index in [1.165, 1.54) is 24.3 Å². The van der Waals surface area contributed by atoms with Crippen molar-refractivity contribution in [2.75, 3.05) is 13.1 Å². The number of hydrogen-bond acceptors (Lipinski definition) is 3. The summed E-state index contributed by atoms with van der Waals surface area (Å²) in [6, 6.07) is 13.6. The van der Waals surface area contributed by atoms with E-state index in [9.17, 15) is 18.8 Å². The van der Waals surface area contributed by atoms with Gasteiger partial charge in [-0.15, -0.1) is 0 Å². The van der Waals surface area contributed by atoms with Gasteiger partial charge >= 0.3 is 0 Å². The van der Waals surface area contributed by atoms with E-state index in [0.29, 0.717) is 36.8 Å². The van der Waals surface area contributed by atoms with Gasteiger partial charge in [-0.05, 0) is 80.5 Å². The Morgan fingerprint density at radius 1 is 0.912 bits per heavy atom. The van der Waals surface area contributed by atoms with Gasteiger partial charge in [-0.3, -0.25) is 14.4 Å². The van der Waals surface area contributed by atoms with E-state index in [4.69, 9.17) is 0 Å². The van der Waals surface area contributed by atoms with Crippen molar-refractivity contribution in [3.05, 3.63) is 71.0 Å². The average Bonchev–Trinajstić information content (AvgIpc) is 3.78. The summed E-state index contributed by atoms with van der Waals surface area (Å²) < 4.78 is 13.2. The first kappa shape index (κ1) is 22.6. The summed E-state index contributed by atoms with van der Waals surface area (Å²) in [6.07, 6.45) is 5.63. The number of amides is 3. The highest BCUT2D eigenvalue weighted by Gasteiger charge is 2.38. The zero-order valence-electron chi connectivity index (χ0n) is 19.2. The van der Waals surface area contributed by atoms with E-state index in [-0.39, 0.29) is 35.5 Å². The van der Waals surface area contributed by atoms with Gasteiger partial charge in [0.05, 0.1) is 5.92 Å². The molecule has 6 nitrogen and oxygen atoms in total. The number of halogens is 1. The Hall–Kier alpha value is -3.22. The Kier molecular flexibility index (Phi) is 6.35. The van der Waals surface area contributed by atoms with Crippen LogP contribution in [-0.2, 0) is 11.3 Å². The minimum atomic E-state index is -0.375. The molecule has 7 heteroatoms. The predicted molar refractivity (Wildman–Crippen MR) is 126 cm³/mol. The maximum Gasteiger partial charge on any atom is 0.253 e. The second kappa shape index (κ2) is 9.57. The molecule has 3 amide bonds.